The van der Waals surface area contributed by atoms with Gasteiger partial charge in [0.15, 0.2) is 16.3 Å². The standard InChI is InChI=1S/C36H26BrFN2O6S/c1-2-43-35(42)31-32(23-6-4-3-5-7-23)39-36-40(33(31)24-11-15-28-29(18-24)46-20-45-28)34(41)30(47-36)17-22-10-14-27(26(37)16-22)44-19-21-8-12-25(38)13-9-21/h3-18,33H,2,19-20H2,1H3/b30-17-/t33-/m0/s1. The highest BCUT2D eigenvalue weighted by atomic mass is 79.9. The van der Waals surface area contributed by atoms with E-state index in [0.29, 0.717) is 42.3 Å². The Morgan fingerprint density at radius 1 is 1.04 bits per heavy atom. The highest BCUT2D eigenvalue weighted by Crippen LogP contribution is 2.40. The van der Waals surface area contributed by atoms with Gasteiger partial charge < -0.3 is 18.9 Å². The van der Waals surface area contributed by atoms with Gasteiger partial charge in [-0.15, -0.1) is 0 Å². The molecule has 11 heteroatoms. The Labute approximate surface area is 280 Å². The van der Waals surface area contributed by atoms with Gasteiger partial charge in [-0.1, -0.05) is 65.9 Å². The van der Waals surface area contributed by atoms with E-state index in [4.69, 9.17) is 23.9 Å². The van der Waals surface area contributed by atoms with Crippen molar-refractivity contribution in [1.29, 1.82) is 0 Å². The number of thiazole rings is 1. The number of esters is 1. The van der Waals surface area contributed by atoms with Gasteiger partial charge in [-0.2, -0.15) is 0 Å². The van der Waals surface area contributed by atoms with Crippen LogP contribution in [0.2, 0.25) is 0 Å². The van der Waals surface area contributed by atoms with Crippen molar-refractivity contribution in [2.75, 3.05) is 13.4 Å². The van der Waals surface area contributed by atoms with Gasteiger partial charge in [-0.3, -0.25) is 9.36 Å². The first-order valence-electron chi connectivity index (χ1n) is 14.7. The summed E-state index contributed by atoms with van der Waals surface area (Å²) < 4.78 is 38.6. The molecule has 1 atom stereocenters. The summed E-state index contributed by atoms with van der Waals surface area (Å²) in [6.07, 6.45) is 1.78. The molecule has 2 aliphatic heterocycles. The summed E-state index contributed by atoms with van der Waals surface area (Å²) in [6, 6.07) is 25.6. The first kappa shape index (κ1) is 30.6. The van der Waals surface area contributed by atoms with Crippen molar-refractivity contribution >= 4 is 45.0 Å². The Balaban J connectivity index is 1.33. The van der Waals surface area contributed by atoms with E-state index < -0.39 is 12.0 Å². The van der Waals surface area contributed by atoms with Gasteiger partial charge in [0, 0.05) is 5.56 Å². The molecule has 47 heavy (non-hydrogen) atoms. The molecule has 8 nitrogen and oxygen atoms in total. The first-order chi connectivity index (χ1) is 22.9. The molecule has 7 rings (SSSR count). The average Bonchev–Trinajstić information content (AvgIpc) is 3.68. The van der Waals surface area contributed by atoms with Crippen LogP contribution >= 0.6 is 27.3 Å². The summed E-state index contributed by atoms with van der Waals surface area (Å²) in [5.74, 6) is 0.842. The molecule has 3 heterocycles. The Hall–Kier alpha value is -5.00. The number of fused-ring (bicyclic) bond motifs is 2. The minimum absolute atomic E-state index is 0.0863. The molecule has 0 saturated heterocycles. The fourth-order valence-corrected chi connectivity index (χ4v) is 6.97. The van der Waals surface area contributed by atoms with Crippen molar-refractivity contribution in [2.24, 2.45) is 4.99 Å². The van der Waals surface area contributed by atoms with Crippen molar-refractivity contribution in [2.45, 2.75) is 19.6 Å². The van der Waals surface area contributed by atoms with Crippen molar-refractivity contribution < 1.29 is 28.1 Å². The van der Waals surface area contributed by atoms with Crippen molar-refractivity contribution in [3.63, 3.8) is 0 Å². The van der Waals surface area contributed by atoms with Gasteiger partial charge in [-0.05, 0) is 82.0 Å². The number of hydrogen-bond acceptors (Lipinski definition) is 8. The maximum absolute atomic E-state index is 14.2. The van der Waals surface area contributed by atoms with E-state index in [1.165, 1.54) is 23.5 Å². The van der Waals surface area contributed by atoms with Crippen LogP contribution in [0.25, 0.3) is 11.8 Å². The van der Waals surface area contributed by atoms with Gasteiger partial charge in [0.1, 0.15) is 18.2 Å². The van der Waals surface area contributed by atoms with Crippen LogP contribution in [0, 0.1) is 5.82 Å². The molecule has 4 aromatic carbocycles. The zero-order chi connectivity index (χ0) is 32.5. The van der Waals surface area contributed by atoms with E-state index in [-0.39, 0.29) is 37.0 Å². The summed E-state index contributed by atoms with van der Waals surface area (Å²) in [7, 11) is 0. The monoisotopic (exact) mass is 712 g/mol. The van der Waals surface area contributed by atoms with Gasteiger partial charge in [0.05, 0.1) is 32.9 Å². The molecular weight excluding hydrogens is 687 g/mol. The SMILES string of the molecule is CCOC(=O)C1=C(c2ccccc2)N=c2s/c(=C\c3ccc(OCc4ccc(F)cc4)c(Br)c3)c(=O)n2[C@H]1c1ccc2c(c1)OCO2. The van der Waals surface area contributed by atoms with Gasteiger partial charge in [-0.25, -0.2) is 14.2 Å². The maximum Gasteiger partial charge on any atom is 0.338 e. The second kappa shape index (κ2) is 13.0. The number of benzene rings is 4. The molecule has 0 N–H and O–H groups in total. The Morgan fingerprint density at radius 3 is 2.60 bits per heavy atom. The fourth-order valence-electron chi connectivity index (χ4n) is 5.46. The van der Waals surface area contributed by atoms with Crippen LogP contribution in [0.5, 0.6) is 17.2 Å². The van der Waals surface area contributed by atoms with Crippen LogP contribution in [0.3, 0.4) is 0 Å². The lowest BCUT2D eigenvalue weighted by molar-refractivity contribution is -0.138. The van der Waals surface area contributed by atoms with Crippen LogP contribution in [0.4, 0.5) is 4.39 Å². The zero-order valence-electron chi connectivity index (χ0n) is 24.9. The number of hydrogen-bond donors (Lipinski definition) is 0. The maximum atomic E-state index is 14.2. The second-order valence-electron chi connectivity index (χ2n) is 10.6. The summed E-state index contributed by atoms with van der Waals surface area (Å²) in [4.78, 5) is 33.3. The number of nitrogens with zero attached hydrogens (tertiary/aromatic N) is 2. The minimum atomic E-state index is -0.842. The fraction of sp³-hybridized carbons (Fsp3) is 0.139. The van der Waals surface area contributed by atoms with Crippen molar-refractivity contribution in [3.8, 4) is 17.2 Å². The molecule has 0 bridgehead atoms. The zero-order valence-corrected chi connectivity index (χ0v) is 27.3. The number of halogens is 2. The summed E-state index contributed by atoms with van der Waals surface area (Å²) in [5, 5.41) is 0. The van der Waals surface area contributed by atoms with Crippen LogP contribution < -0.4 is 29.1 Å². The first-order valence-corrected chi connectivity index (χ1v) is 16.4. The highest BCUT2D eigenvalue weighted by Gasteiger charge is 2.36. The molecule has 0 spiro atoms. The van der Waals surface area contributed by atoms with E-state index >= 15 is 0 Å². The number of carbonyl (C=O) groups excluding carboxylic acids is 1. The predicted molar refractivity (Wildman–Crippen MR) is 178 cm³/mol. The topological polar surface area (TPSA) is 88.4 Å². The lowest BCUT2D eigenvalue weighted by Crippen LogP contribution is -2.40. The summed E-state index contributed by atoms with van der Waals surface area (Å²) in [5.41, 5.74) is 3.34. The van der Waals surface area contributed by atoms with Gasteiger partial charge in [0.25, 0.3) is 5.56 Å². The second-order valence-corrected chi connectivity index (χ2v) is 12.5. The predicted octanol–water partition coefficient (Wildman–Crippen LogP) is 6.14. The van der Waals surface area contributed by atoms with E-state index in [1.54, 1.807) is 47.9 Å². The summed E-state index contributed by atoms with van der Waals surface area (Å²) >= 11 is 4.81. The van der Waals surface area contributed by atoms with Crippen LogP contribution in [-0.2, 0) is 16.1 Å². The molecule has 0 amide bonds. The van der Waals surface area contributed by atoms with Gasteiger partial charge >= 0.3 is 5.97 Å². The minimum Gasteiger partial charge on any atom is -0.488 e. The van der Waals surface area contributed by atoms with Crippen LogP contribution in [0.15, 0.2) is 111 Å². The van der Waals surface area contributed by atoms with E-state index in [9.17, 15) is 14.0 Å². The molecule has 5 aromatic rings. The molecular formula is C36H26BrFN2O6S. The van der Waals surface area contributed by atoms with E-state index in [0.717, 1.165) is 16.7 Å². The molecule has 2 aliphatic rings. The van der Waals surface area contributed by atoms with Crippen molar-refractivity contribution in [1.82, 2.24) is 4.57 Å². The number of rotatable bonds is 8. The molecule has 0 unspecified atom stereocenters. The number of carbonyl (C=O) groups is 1. The third kappa shape index (κ3) is 6.11. The van der Waals surface area contributed by atoms with Crippen molar-refractivity contribution in [3.05, 3.63) is 149 Å². The lowest BCUT2D eigenvalue weighted by Gasteiger charge is -2.26. The van der Waals surface area contributed by atoms with Gasteiger partial charge in [0.2, 0.25) is 6.79 Å². The van der Waals surface area contributed by atoms with Crippen LogP contribution in [-0.4, -0.2) is 23.9 Å². The largest absolute Gasteiger partial charge is 0.488 e. The highest BCUT2D eigenvalue weighted by molar-refractivity contribution is 9.10. The third-order valence-corrected chi connectivity index (χ3v) is 9.25. The normalized spacial score (nSPS) is 15.3. The molecule has 1 aromatic heterocycles. The number of ether oxygens (including phenoxy) is 4. The molecule has 236 valence electrons. The molecule has 0 fully saturated rings. The quantitative estimate of drug-likeness (QED) is 0.180. The number of aromatic nitrogens is 1. The Morgan fingerprint density at radius 2 is 1.83 bits per heavy atom. The Bertz CT molecular complexity index is 2210. The molecule has 0 saturated carbocycles. The smallest absolute Gasteiger partial charge is 0.338 e. The average molecular weight is 714 g/mol. The van der Waals surface area contributed by atoms with E-state index in [1.807, 2.05) is 48.5 Å². The third-order valence-electron chi connectivity index (χ3n) is 7.65. The van der Waals surface area contributed by atoms with Crippen LogP contribution in [0.1, 0.15) is 35.2 Å². The molecule has 0 radical (unpaired) electrons. The Kier molecular flexibility index (Phi) is 8.48. The van der Waals surface area contributed by atoms with E-state index in [2.05, 4.69) is 15.9 Å². The lowest BCUT2D eigenvalue weighted by atomic mass is 9.93. The summed E-state index contributed by atoms with van der Waals surface area (Å²) in [6.45, 7) is 2.25. The molecule has 0 aliphatic carbocycles.